The molecule has 21 heavy (non-hydrogen) atoms. The molecule has 110 valence electrons. The Morgan fingerprint density at radius 2 is 2.10 bits per heavy atom. The lowest BCUT2D eigenvalue weighted by Gasteiger charge is -2.26. The number of aryl methyl sites for hydroxylation is 1. The summed E-state index contributed by atoms with van der Waals surface area (Å²) in [7, 11) is 0. The topological polar surface area (TPSA) is 44.5 Å². The smallest absolute Gasteiger partial charge is 0.178 e. The van der Waals surface area contributed by atoms with E-state index >= 15 is 0 Å². The van der Waals surface area contributed by atoms with Crippen LogP contribution in [0.1, 0.15) is 44.6 Å². The molecule has 2 aromatic rings. The molecular formula is C17H21N3S. The number of nitriles is 1. The van der Waals surface area contributed by atoms with Crippen molar-refractivity contribution in [2.24, 2.45) is 11.8 Å². The maximum atomic E-state index is 9.06. The molecule has 1 heterocycles. The first-order valence-electron chi connectivity index (χ1n) is 7.80. The molecule has 0 radical (unpaired) electrons. The van der Waals surface area contributed by atoms with E-state index in [-0.39, 0.29) is 0 Å². The zero-order chi connectivity index (χ0) is 14.8. The lowest BCUT2D eigenvalue weighted by Crippen LogP contribution is -2.14. The van der Waals surface area contributed by atoms with E-state index in [0.29, 0.717) is 5.56 Å². The van der Waals surface area contributed by atoms with Gasteiger partial charge in [-0.15, -0.1) is 0 Å². The molecule has 0 unspecified atom stereocenters. The number of nitrogens with zero attached hydrogens (tertiary/aromatic N) is 2. The van der Waals surface area contributed by atoms with Crippen molar-refractivity contribution in [1.29, 1.82) is 5.26 Å². The molecule has 1 saturated carbocycles. The molecule has 3 nitrogen and oxygen atoms in total. The number of hydrogen-bond acceptors (Lipinski definition) is 2. The van der Waals surface area contributed by atoms with E-state index in [1.54, 1.807) is 0 Å². The van der Waals surface area contributed by atoms with E-state index in [1.807, 2.05) is 18.2 Å². The molecule has 0 bridgehead atoms. The average Bonchev–Trinajstić information content (AvgIpc) is 2.81. The summed E-state index contributed by atoms with van der Waals surface area (Å²) in [5.41, 5.74) is 2.77. The van der Waals surface area contributed by atoms with Crippen LogP contribution in [-0.4, -0.2) is 9.55 Å². The van der Waals surface area contributed by atoms with E-state index in [0.717, 1.165) is 34.2 Å². The highest BCUT2D eigenvalue weighted by atomic mass is 32.1. The van der Waals surface area contributed by atoms with E-state index in [4.69, 9.17) is 17.5 Å². The largest absolute Gasteiger partial charge is 0.331 e. The average molecular weight is 299 g/mol. The predicted molar refractivity (Wildman–Crippen MR) is 87.6 cm³/mol. The van der Waals surface area contributed by atoms with Crippen LogP contribution < -0.4 is 0 Å². The molecule has 0 aliphatic heterocycles. The van der Waals surface area contributed by atoms with Crippen LogP contribution >= 0.6 is 12.2 Å². The maximum Gasteiger partial charge on any atom is 0.178 e. The van der Waals surface area contributed by atoms with Gasteiger partial charge in [-0.25, -0.2) is 0 Å². The third kappa shape index (κ3) is 3.03. The Bertz CT molecular complexity index is 727. The summed E-state index contributed by atoms with van der Waals surface area (Å²) >= 11 is 5.44. The highest BCUT2D eigenvalue weighted by Gasteiger charge is 2.18. The van der Waals surface area contributed by atoms with Crippen molar-refractivity contribution < 1.29 is 0 Å². The van der Waals surface area contributed by atoms with E-state index in [2.05, 4.69) is 22.5 Å². The zero-order valence-electron chi connectivity index (χ0n) is 12.4. The van der Waals surface area contributed by atoms with E-state index in [9.17, 15) is 0 Å². The van der Waals surface area contributed by atoms with Gasteiger partial charge in [0.05, 0.1) is 22.7 Å². The van der Waals surface area contributed by atoms with Crippen LogP contribution in [0, 0.1) is 27.9 Å². The van der Waals surface area contributed by atoms with Crippen LogP contribution in [0.15, 0.2) is 18.2 Å². The summed E-state index contributed by atoms with van der Waals surface area (Å²) in [5.74, 6) is 1.72. The monoisotopic (exact) mass is 299 g/mol. The quantitative estimate of drug-likeness (QED) is 0.828. The van der Waals surface area contributed by atoms with E-state index in [1.165, 1.54) is 32.1 Å². The lowest BCUT2D eigenvalue weighted by atomic mass is 9.81. The molecule has 0 atom stereocenters. The molecule has 1 fully saturated rings. The van der Waals surface area contributed by atoms with Gasteiger partial charge in [-0.3, -0.25) is 0 Å². The molecule has 4 heteroatoms. The first-order chi connectivity index (χ1) is 10.2. The fourth-order valence-electron chi connectivity index (χ4n) is 3.37. The molecule has 1 aromatic carbocycles. The Morgan fingerprint density at radius 1 is 1.33 bits per heavy atom. The van der Waals surface area contributed by atoms with Gasteiger partial charge < -0.3 is 9.55 Å². The standard InChI is InChI=1S/C17H21N3S/c1-12-2-4-13(5-3-12)8-9-20-16-10-14(11-18)6-7-15(16)19-17(20)21/h6-7,10,12-13H,2-5,8-9H2,1H3,(H,19,21). The normalized spacial score (nSPS) is 22.3. The van der Waals surface area contributed by atoms with Crippen molar-refractivity contribution in [1.82, 2.24) is 9.55 Å². The summed E-state index contributed by atoms with van der Waals surface area (Å²) in [5, 5.41) is 9.06. The number of nitrogens with one attached hydrogen (secondary N) is 1. The number of imidazole rings is 1. The van der Waals surface area contributed by atoms with Crippen molar-refractivity contribution in [3.05, 3.63) is 28.5 Å². The first kappa shape index (κ1) is 14.3. The first-order valence-corrected chi connectivity index (χ1v) is 8.21. The van der Waals surface area contributed by atoms with Crippen LogP contribution in [-0.2, 0) is 6.54 Å². The minimum absolute atomic E-state index is 0.691. The van der Waals surface area contributed by atoms with E-state index < -0.39 is 0 Å². The molecule has 0 amide bonds. The highest BCUT2D eigenvalue weighted by Crippen LogP contribution is 2.31. The number of fused-ring (bicyclic) bond motifs is 1. The Hall–Kier alpha value is -1.60. The van der Waals surface area contributed by atoms with Crippen LogP contribution in [0.2, 0.25) is 0 Å². The maximum absolute atomic E-state index is 9.06. The molecule has 0 spiro atoms. The Balaban J connectivity index is 1.79. The van der Waals surface area contributed by atoms with Gasteiger partial charge in [0.15, 0.2) is 4.77 Å². The molecule has 1 aromatic heterocycles. The van der Waals surface area contributed by atoms with Gasteiger partial charge in [-0.1, -0.05) is 32.6 Å². The van der Waals surface area contributed by atoms with Gasteiger partial charge in [-0.2, -0.15) is 5.26 Å². The number of H-pyrrole nitrogens is 1. The second-order valence-corrected chi connectivity index (χ2v) is 6.73. The van der Waals surface area contributed by atoms with Crippen molar-refractivity contribution >= 4 is 23.3 Å². The number of aromatic amines is 1. The number of benzene rings is 1. The van der Waals surface area contributed by atoms with Crippen LogP contribution in [0.25, 0.3) is 11.0 Å². The molecule has 3 rings (SSSR count). The predicted octanol–water partition coefficient (Wildman–Crippen LogP) is 4.79. The minimum Gasteiger partial charge on any atom is -0.331 e. The van der Waals surface area contributed by atoms with Crippen LogP contribution in [0.3, 0.4) is 0 Å². The Kier molecular flexibility index (Phi) is 4.12. The molecule has 1 aliphatic carbocycles. The molecular weight excluding hydrogens is 278 g/mol. The van der Waals surface area contributed by atoms with Crippen molar-refractivity contribution in [2.75, 3.05) is 0 Å². The second-order valence-electron chi connectivity index (χ2n) is 6.34. The van der Waals surface area contributed by atoms with Crippen LogP contribution in [0.5, 0.6) is 0 Å². The third-order valence-corrected chi connectivity index (χ3v) is 5.12. The SMILES string of the molecule is CC1CCC(CCn2c(=S)[nH]c3ccc(C#N)cc32)CC1. The third-order valence-electron chi connectivity index (χ3n) is 4.80. The zero-order valence-corrected chi connectivity index (χ0v) is 13.2. The van der Waals surface area contributed by atoms with Gasteiger partial charge in [0.25, 0.3) is 0 Å². The minimum atomic E-state index is 0.691. The number of rotatable bonds is 3. The molecule has 0 saturated heterocycles. The summed E-state index contributed by atoms with van der Waals surface area (Å²) in [6.45, 7) is 3.31. The van der Waals surface area contributed by atoms with Gasteiger partial charge in [0, 0.05) is 6.54 Å². The number of hydrogen-bond donors (Lipinski definition) is 1. The van der Waals surface area contributed by atoms with Crippen molar-refractivity contribution in [2.45, 2.75) is 45.6 Å². The number of aromatic nitrogens is 2. The van der Waals surface area contributed by atoms with Gasteiger partial charge in [0.2, 0.25) is 0 Å². The summed E-state index contributed by atoms with van der Waals surface area (Å²) in [6.07, 6.45) is 6.61. The molecule has 1 N–H and O–H groups in total. The summed E-state index contributed by atoms with van der Waals surface area (Å²) in [4.78, 5) is 3.24. The van der Waals surface area contributed by atoms with Crippen molar-refractivity contribution in [3.8, 4) is 6.07 Å². The fraction of sp³-hybridized carbons (Fsp3) is 0.529. The van der Waals surface area contributed by atoms with Crippen molar-refractivity contribution in [3.63, 3.8) is 0 Å². The Labute approximate surface area is 130 Å². The summed E-state index contributed by atoms with van der Waals surface area (Å²) < 4.78 is 2.92. The fourth-order valence-corrected chi connectivity index (χ4v) is 3.67. The van der Waals surface area contributed by atoms with Gasteiger partial charge >= 0.3 is 0 Å². The summed E-state index contributed by atoms with van der Waals surface area (Å²) in [6, 6.07) is 7.92. The lowest BCUT2D eigenvalue weighted by molar-refractivity contribution is 0.269. The van der Waals surface area contributed by atoms with Crippen LogP contribution in [0.4, 0.5) is 0 Å². The Morgan fingerprint density at radius 3 is 2.81 bits per heavy atom. The molecule has 1 aliphatic rings. The highest BCUT2D eigenvalue weighted by molar-refractivity contribution is 7.71. The van der Waals surface area contributed by atoms with Gasteiger partial charge in [0.1, 0.15) is 0 Å². The second kappa shape index (κ2) is 6.03. The van der Waals surface area contributed by atoms with Gasteiger partial charge in [-0.05, 0) is 48.7 Å².